The van der Waals surface area contributed by atoms with Gasteiger partial charge >= 0.3 is 6.09 Å². The van der Waals surface area contributed by atoms with E-state index in [1.54, 1.807) is 11.9 Å². The summed E-state index contributed by atoms with van der Waals surface area (Å²) < 4.78 is 5.02. The van der Waals surface area contributed by atoms with Gasteiger partial charge in [-0.1, -0.05) is 36.4 Å². The summed E-state index contributed by atoms with van der Waals surface area (Å²) in [4.78, 5) is 13.4. The molecule has 0 saturated carbocycles. The molecule has 0 unspecified atom stereocenters. The third kappa shape index (κ3) is 4.24. The first-order valence-electron chi connectivity index (χ1n) is 6.23. The zero-order chi connectivity index (χ0) is 13.4. The van der Waals surface area contributed by atoms with Gasteiger partial charge in [0.25, 0.3) is 0 Å². The highest BCUT2D eigenvalue weighted by molar-refractivity contribution is 5.67. The van der Waals surface area contributed by atoms with Gasteiger partial charge in [0.05, 0.1) is 6.61 Å². The van der Waals surface area contributed by atoms with E-state index in [2.05, 4.69) is 18.7 Å². The van der Waals surface area contributed by atoms with Crippen LogP contribution in [0.5, 0.6) is 0 Å². The molecule has 98 valence electrons. The number of hydrogen-bond donors (Lipinski definition) is 0. The van der Waals surface area contributed by atoms with E-state index in [0.717, 1.165) is 12.8 Å². The molecule has 3 heteroatoms. The van der Waals surface area contributed by atoms with Crippen molar-refractivity contribution in [1.29, 1.82) is 0 Å². The van der Waals surface area contributed by atoms with Gasteiger partial charge in [-0.15, -0.1) is 6.58 Å². The zero-order valence-electron chi connectivity index (χ0n) is 11.1. The maximum absolute atomic E-state index is 11.7. The van der Waals surface area contributed by atoms with Crippen molar-refractivity contribution in [2.45, 2.75) is 25.8 Å². The van der Waals surface area contributed by atoms with Gasteiger partial charge in [0.1, 0.15) is 0 Å². The molecule has 0 aliphatic heterocycles. The molecule has 1 atom stereocenters. The molecule has 0 spiro atoms. The fraction of sp³-hybridized carbons (Fsp3) is 0.400. The highest BCUT2D eigenvalue weighted by Crippen LogP contribution is 2.12. The van der Waals surface area contributed by atoms with Crippen LogP contribution in [0.3, 0.4) is 0 Å². The van der Waals surface area contributed by atoms with Crippen molar-refractivity contribution in [3.63, 3.8) is 0 Å². The number of rotatable bonds is 6. The van der Waals surface area contributed by atoms with Crippen molar-refractivity contribution in [2.75, 3.05) is 13.7 Å². The van der Waals surface area contributed by atoms with Gasteiger partial charge in [-0.05, 0) is 25.3 Å². The van der Waals surface area contributed by atoms with Gasteiger partial charge in [-0.25, -0.2) is 4.79 Å². The van der Waals surface area contributed by atoms with Crippen molar-refractivity contribution in [1.82, 2.24) is 4.90 Å². The molecular formula is C15H21NO2. The van der Waals surface area contributed by atoms with Crippen LogP contribution < -0.4 is 0 Å². The smallest absolute Gasteiger partial charge is 0.409 e. The minimum absolute atomic E-state index is 0.0870. The Morgan fingerprint density at radius 3 is 2.67 bits per heavy atom. The summed E-state index contributed by atoms with van der Waals surface area (Å²) in [5, 5.41) is 0. The maximum Gasteiger partial charge on any atom is 0.409 e. The molecule has 1 rings (SSSR count). The predicted octanol–water partition coefficient (Wildman–Crippen LogP) is 3.26. The van der Waals surface area contributed by atoms with Crippen LogP contribution in [0.1, 0.15) is 18.9 Å². The van der Waals surface area contributed by atoms with Gasteiger partial charge in [0, 0.05) is 13.1 Å². The predicted molar refractivity (Wildman–Crippen MR) is 73.5 cm³/mol. The van der Waals surface area contributed by atoms with Crippen molar-refractivity contribution in [2.24, 2.45) is 0 Å². The fourth-order valence-corrected chi connectivity index (χ4v) is 1.83. The van der Waals surface area contributed by atoms with Gasteiger partial charge in [0.15, 0.2) is 0 Å². The maximum atomic E-state index is 11.7. The average molecular weight is 247 g/mol. The molecule has 1 aromatic carbocycles. The van der Waals surface area contributed by atoms with Crippen LogP contribution >= 0.6 is 0 Å². The Kier molecular flexibility index (Phi) is 5.98. The molecule has 0 aromatic heterocycles. The van der Waals surface area contributed by atoms with E-state index in [9.17, 15) is 4.79 Å². The Bertz CT molecular complexity index is 375. The van der Waals surface area contributed by atoms with Crippen LogP contribution in [0.15, 0.2) is 43.0 Å². The molecular weight excluding hydrogens is 226 g/mol. The summed E-state index contributed by atoms with van der Waals surface area (Å²) in [5.41, 5.74) is 1.21. The molecule has 3 nitrogen and oxygen atoms in total. The molecule has 1 amide bonds. The van der Waals surface area contributed by atoms with Gasteiger partial charge in [-0.3, -0.25) is 0 Å². The van der Waals surface area contributed by atoms with Crippen LogP contribution in [0, 0.1) is 0 Å². The summed E-state index contributed by atoms with van der Waals surface area (Å²) in [6.45, 7) is 5.96. The van der Waals surface area contributed by atoms with Gasteiger partial charge in [-0.2, -0.15) is 0 Å². The minimum Gasteiger partial charge on any atom is -0.450 e. The highest BCUT2D eigenvalue weighted by Gasteiger charge is 2.19. The monoisotopic (exact) mass is 247 g/mol. The van der Waals surface area contributed by atoms with Crippen LogP contribution in [-0.2, 0) is 11.2 Å². The van der Waals surface area contributed by atoms with Crippen LogP contribution in [0.4, 0.5) is 4.79 Å². The molecule has 1 aromatic rings. The van der Waals surface area contributed by atoms with Gasteiger partial charge < -0.3 is 9.64 Å². The Hall–Kier alpha value is -1.77. The first-order valence-corrected chi connectivity index (χ1v) is 6.23. The van der Waals surface area contributed by atoms with E-state index in [1.165, 1.54) is 5.56 Å². The minimum atomic E-state index is -0.278. The summed E-state index contributed by atoms with van der Waals surface area (Å²) in [6.07, 6.45) is 3.12. The highest BCUT2D eigenvalue weighted by atomic mass is 16.6. The number of carbonyl (C=O) groups is 1. The van der Waals surface area contributed by atoms with Crippen molar-refractivity contribution in [3.8, 4) is 0 Å². The molecule has 0 aliphatic rings. The second-order valence-electron chi connectivity index (χ2n) is 4.18. The molecule has 0 radical (unpaired) electrons. The number of nitrogens with zero attached hydrogens (tertiary/aromatic N) is 1. The molecule has 0 bridgehead atoms. The molecule has 0 heterocycles. The molecule has 0 saturated heterocycles. The van der Waals surface area contributed by atoms with E-state index in [4.69, 9.17) is 4.74 Å². The van der Waals surface area contributed by atoms with Crippen LogP contribution in [0.25, 0.3) is 0 Å². The fourth-order valence-electron chi connectivity index (χ4n) is 1.83. The van der Waals surface area contributed by atoms with E-state index in [1.807, 2.05) is 31.2 Å². The molecule has 18 heavy (non-hydrogen) atoms. The standard InChI is InChI=1S/C15H21NO2/c1-4-9-14(16(3)15(17)18-5-2)12-13-10-7-6-8-11-13/h4,6-8,10-11,14H,1,5,9,12H2,2-3H3/t14-/m1/s1. The topological polar surface area (TPSA) is 29.5 Å². The quantitative estimate of drug-likeness (QED) is 0.722. The largest absolute Gasteiger partial charge is 0.450 e. The van der Waals surface area contributed by atoms with Crippen molar-refractivity contribution >= 4 is 6.09 Å². The first kappa shape index (κ1) is 14.3. The summed E-state index contributed by atoms with van der Waals surface area (Å²) >= 11 is 0. The lowest BCUT2D eigenvalue weighted by atomic mass is 10.0. The van der Waals surface area contributed by atoms with Crippen LogP contribution in [0.2, 0.25) is 0 Å². The van der Waals surface area contributed by atoms with Crippen LogP contribution in [-0.4, -0.2) is 30.7 Å². The van der Waals surface area contributed by atoms with Crippen molar-refractivity contribution in [3.05, 3.63) is 48.6 Å². The number of carbonyl (C=O) groups excluding carboxylic acids is 1. The normalized spacial score (nSPS) is 11.7. The number of benzene rings is 1. The Balaban J connectivity index is 2.70. The Labute approximate surface area is 109 Å². The average Bonchev–Trinajstić information content (AvgIpc) is 2.39. The number of likely N-dealkylation sites (N-methyl/N-ethyl adjacent to an activating group) is 1. The second-order valence-corrected chi connectivity index (χ2v) is 4.18. The summed E-state index contributed by atoms with van der Waals surface area (Å²) in [7, 11) is 1.77. The summed E-state index contributed by atoms with van der Waals surface area (Å²) in [5.74, 6) is 0. The lowest BCUT2D eigenvalue weighted by Crippen LogP contribution is -2.38. The lowest BCUT2D eigenvalue weighted by molar-refractivity contribution is 0.102. The summed E-state index contributed by atoms with van der Waals surface area (Å²) in [6, 6.07) is 10.2. The lowest BCUT2D eigenvalue weighted by Gasteiger charge is -2.26. The third-order valence-electron chi connectivity index (χ3n) is 2.86. The van der Waals surface area contributed by atoms with E-state index >= 15 is 0 Å². The molecule has 0 aliphatic carbocycles. The molecule has 0 fully saturated rings. The Morgan fingerprint density at radius 1 is 1.44 bits per heavy atom. The van der Waals surface area contributed by atoms with E-state index in [-0.39, 0.29) is 12.1 Å². The zero-order valence-corrected chi connectivity index (χ0v) is 11.1. The third-order valence-corrected chi connectivity index (χ3v) is 2.86. The number of amides is 1. The van der Waals surface area contributed by atoms with Crippen molar-refractivity contribution < 1.29 is 9.53 Å². The number of hydrogen-bond acceptors (Lipinski definition) is 2. The van der Waals surface area contributed by atoms with E-state index < -0.39 is 0 Å². The number of ether oxygens (including phenoxy) is 1. The molecule has 0 N–H and O–H groups in total. The Morgan fingerprint density at radius 2 is 2.11 bits per heavy atom. The second kappa shape index (κ2) is 7.54. The SMILES string of the molecule is C=CC[C@H](Cc1ccccc1)N(C)C(=O)OCC. The first-order chi connectivity index (χ1) is 8.69. The van der Waals surface area contributed by atoms with E-state index in [0.29, 0.717) is 6.61 Å². The van der Waals surface area contributed by atoms with Gasteiger partial charge in [0.2, 0.25) is 0 Å².